The molecule has 0 unspecified atom stereocenters. The van der Waals surface area contributed by atoms with Crippen molar-refractivity contribution in [3.8, 4) is 5.88 Å². The van der Waals surface area contributed by atoms with Crippen LogP contribution >= 0.6 is 0 Å². The van der Waals surface area contributed by atoms with E-state index in [0.29, 0.717) is 18.1 Å². The van der Waals surface area contributed by atoms with Crippen molar-refractivity contribution < 1.29 is 9.53 Å². The lowest BCUT2D eigenvalue weighted by Crippen LogP contribution is -1.99. The normalized spacial score (nSPS) is 9.69. The van der Waals surface area contributed by atoms with Crippen LogP contribution in [0.3, 0.4) is 0 Å². The van der Waals surface area contributed by atoms with E-state index in [1.54, 1.807) is 12.1 Å². The van der Waals surface area contributed by atoms with Gasteiger partial charge in [0.2, 0.25) is 5.88 Å². The number of aromatic nitrogens is 1. The Balaban J connectivity index is 2.64. The summed E-state index contributed by atoms with van der Waals surface area (Å²) in [5, 5.41) is 0. The van der Waals surface area contributed by atoms with Crippen molar-refractivity contribution in [3.63, 3.8) is 0 Å². The summed E-state index contributed by atoms with van der Waals surface area (Å²) in [7, 11) is 0. The van der Waals surface area contributed by atoms with Crippen molar-refractivity contribution in [2.45, 2.75) is 20.3 Å². The van der Waals surface area contributed by atoms with Crippen LogP contribution in [0, 0.1) is 0 Å². The number of hydrogen-bond donors (Lipinski definition) is 0. The molecule has 3 heteroatoms. The van der Waals surface area contributed by atoms with Crippen LogP contribution in [0.4, 0.5) is 0 Å². The number of nitrogens with zero attached hydrogens (tertiary/aromatic N) is 1. The van der Waals surface area contributed by atoms with Gasteiger partial charge in [-0.1, -0.05) is 6.92 Å². The molecule has 1 aromatic heterocycles. The molecular weight excluding hydrogens is 166 g/mol. The molecule has 3 nitrogen and oxygen atoms in total. The van der Waals surface area contributed by atoms with E-state index in [-0.39, 0.29) is 5.78 Å². The zero-order chi connectivity index (χ0) is 9.68. The highest BCUT2D eigenvalue weighted by molar-refractivity contribution is 5.93. The summed E-state index contributed by atoms with van der Waals surface area (Å²) < 4.78 is 5.27. The first kappa shape index (κ1) is 9.71. The molecule has 1 heterocycles. The number of carbonyl (C=O) groups excluding carboxylic acids is 1. The maximum Gasteiger partial charge on any atom is 0.213 e. The van der Waals surface area contributed by atoms with Crippen molar-refractivity contribution in [1.29, 1.82) is 0 Å². The Morgan fingerprint density at radius 3 is 2.77 bits per heavy atom. The summed E-state index contributed by atoms with van der Waals surface area (Å²) in [5.41, 5.74) is 0.615. The highest BCUT2D eigenvalue weighted by atomic mass is 16.5. The maximum absolute atomic E-state index is 10.9. The standard InChI is InChI=1S/C10H13NO2/c1-3-6-13-10-5-4-9(7-11-10)8(2)12/h4-5,7H,3,6H2,1-2H3. The molecule has 0 aliphatic heterocycles. The quantitative estimate of drug-likeness (QED) is 0.664. The molecule has 0 bridgehead atoms. The largest absolute Gasteiger partial charge is 0.478 e. The molecule has 0 spiro atoms. The van der Waals surface area contributed by atoms with Crippen LogP contribution in [-0.2, 0) is 0 Å². The van der Waals surface area contributed by atoms with E-state index in [1.807, 2.05) is 6.92 Å². The fraction of sp³-hybridized carbons (Fsp3) is 0.400. The minimum atomic E-state index is 0.0227. The van der Waals surface area contributed by atoms with E-state index >= 15 is 0 Å². The number of Topliss-reactive ketones (excluding diaryl/α,β-unsaturated/α-hetero) is 1. The summed E-state index contributed by atoms with van der Waals surface area (Å²) in [5.74, 6) is 0.599. The fourth-order valence-electron chi connectivity index (χ4n) is 0.881. The molecule has 1 aromatic rings. The van der Waals surface area contributed by atoms with Crippen LogP contribution in [0.2, 0.25) is 0 Å². The predicted octanol–water partition coefficient (Wildman–Crippen LogP) is 2.07. The van der Waals surface area contributed by atoms with Crippen molar-refractivity contribution in [2.24, 2.45) is 0 Å². The molecule has 0 saturated heterocycles. The van der Waals surface area contributed by atoms with Crippen molar-refractivity contribution in [1.82, 2.24) is 4.98 Å². The van der Waals surface area contributed by atoms with Gasteiger partial charge in [0, 0.05) is 17.8 Å². The van der Waals surface area contributed by atoms with Crippen LogP contribution < -0.4 is 4.74 Å². The minimum absolute atomic E-state index is 0.0227. The SMILES string of the molecule is CCCOc1ccc(C(C)=O)cn1. The van der Waals surface area contributed by atoms with Crippen LogP contribution in [0.5, 0.6) is 5.88 Å². The molecule has 0 aliphatic rings. The Morgan fingerprint density at radius 2 is 2.31 bits per heavy atom. The third-order valence-corrected chi connectivity index (χ3v) is 1.60. The van der Waals surface area contributed by atoms with Gasteiger partial charge in [0.05, 0.1) is 6.61 Å². The third-order valence-electron chi connectivity index (χ3n) is 1.60. The Kier molecular flexibility index (Phi) is 3.43. The topological polar surface area (TPSA) is 39.2 Å². The van der Waals surface area contributed by atoms with E-state index < -0.39 is 0 Å². The molecule has 13 heavy (non-hydrogen) atoms. The monoisotopic (exact) mass is 179 g/mol. The van der Waals surface area contributed by atoms with Crippen LogP contribution in [0.15, 0.2) is 18.3 Å². The molecule has 1 rings (SSSR count). The van der Waals surface area contributed by atoms with E-state index in [4.69, 9.17) is 4.74 Å². The van der Waals surface area contributed by atoms with Gasteiger partial charge in [0.15, 0.2) is 5.78 Å². The summed E-state index contributed by atoms with van der Waals surface area (Å²) in [6.45, 7) is 4.21. The van der Waals surface area contributed by atoms with E-state index in [0.717, 1.165) is 6.42 Å². The third kappa shape index (κ3) is 2.86. The number of pyridine rings is 1. The molecule has 0 amide bonds. The van der Waals surface area contributed by atoms with Gasteiger partial charge in [0.25, 0.3) is 0 Å². The summed E-state index contributed by atoms with van der Waals surface area (Å²) in [6.07, 6.45) is 2.49. The minimum Gasteiger partial charge on any atom is -0.478 e. The zero-order valence-corrected chi connectivity index (χ0v) is 7.91. The van der Waals surface area contributed by atoms with Crippen molar-refractivity contribution in [3.05, 3.63) is 23.9 Å². The smallest absolute Gasteiger partial charge is 0.213 e. The molecule has 0 aliphatic carbocycles. The van der Waals surface area contributed by atoms with E-state index in [9.17, 15) is 4.79 Å². The molecular formula is C10H13NO2. The van der Waals surface area contributed by atoms with Gasteiger partial charge in [0.1, 0.15) is 0 Å². The average Bonchev–Trinajstić information content (AvgIpc) is 2.15. The van der Waals surface area contributed by atoms with Crippen LogP contribution in [0.25, 0.3) is 0 Å². The summed E-state index contributed by atoms with van der Waals surface area (Å²) in [4.78, 5) is 14.9. The Bertz CT molecular complexity index is 279. The van der Waals surface area contributed by atoms with Gasteiger partial charge < -0.3 is 4.74 Å². The Labute approximate surface area is 77.8 Å². The van der Waals surface area contributed by atoms with Gasteiger partial charge in [-0.15, -0.1) is 0 Å². The number of rotatable bonds is 4. The lowest BCUT2D eigenvalue weighted by atomic mass is 10.2. The first-order chi connectivity index (χ1) is 6.24. The molecule has 0 saturated carbocycles. The number of hydrogen-bond acceptors (Lipinski definition) is 3. The molecule has 0 atom stereocenters. The van der Waals surface area contributed by atoms with Gasteiger partial charge in [-0.05, 0) is 19.4 Å². The zero-order valence-electron chi connectivity index (χ0n) is 7.91. The summed E-state index contributed by atoms with van der Waals surface area (Å²) in [6, 6.07) is 3.44. The first-order valence-electron chi connectivity index (χ1n) is 4.34. The highest BCUT2D eigenvalue weighted by Gasteiger charge is 1.99. The second-order valence-corrected chi connectivity index (χ2v) is 2.79. The van der Waals surface area contributed by atoms with E-state index in [2.05, 4.69) is 4.98 Å². The number of ketones is 1. The lowest BCUT2D eigenvalue weighted by Gasteiger charge is -2.02. The molecule has 0 fully saturated rings. The lowest BCUT2D eigenvalue weighted by molar-refractivity contribution is 0.101. The van der Waals surface area contributed by atoms with Gasteiger partial charge >= 0.3 is 0 Å². The first-order valence-corrected chi connectivity index (χ1v) is 4.34. The van der Waals surface area contributed by atoms with Gasteiger partial charge in [-0.25, -0.2) is 4.98 Å². The molecule has 70 valence electrons. The van der Waals surface area contributed by atoms with Gasteiger partial charge in [-0.2, -0.15) is 0 Å². The maximum atomic E-state index is 10.9. The van der Waals surface area contributed by atoms with Crippen molar-refractivity contribution in [2.75, 3.05) is 6.61 Å². The van der Waals surface area contributed by atoms with E-state index in [1.165, 1.54) is 13.1 Å². The fourth-order valence-corrected chi connectivity index (χ4v) is 0.881. The molecule has 0 aromatic carbocycles. The molecule has 0 radical (unpaired) electrons. The predicted molar refractivity (Wildman–Crippen MR) is 50.0 cm³/mol. The second-order valence-electron chi connectivity index (χ2n) is 2.79. The average molecular weight is 179 g/mol. The van der Waals surface area contributed by atoms with Gasteiger partial charge in [-0.3, -0.25) is 4.79 Å². The second kappa shape index (κ2) is 4.60. The van der Waals surface area contributed by atoms with Crippen LogP contribution in [0.1, 0.15) is 30.6 Å². The van der Waals surface area contributed by atoms with Crippen molar-refractivity contribution >= 4 is 5.78 Å². The Morgan fingerprint density at radius 1 is 1.54 bits per heavy atom. The highest BCUT2D eigenvalue weighted by Crippen LogP contribution is 2.07. The molecule has 0 N–H and O–H groups in total. The number of ether oxygens (including phenoxy) is 1. The number of carbonyl (C=O) groups is 1. The van der Waals surface area contributed by atoms with Crippen LogP contribution in [-0.4, -0.2) is 17.4 Å². The summed E-state index contributed by atoms with van der Waals surface area (Å²) >= 11 is 0. The Hall–Kier alpha value is -1.38.